The second-order valence-corrected chi connectivity index (χ2v) is 5.95. The minimum Gasteiger partial charge on any atom is -0.456 e. The highest BCUT2D eigenvalue weighted by atomic mass is 35.5. The number of halogens is 3. The molecule has 0 fully saturated rings. The summed E-state index contributed by atoms with van der Waals surface area (Å²) in [5.74, 6) is -1.96. The number of hydrogen-bond donors (Lipinski definition) is 1. The van der Waals surface area contributed by atoms with Gasteiger partial charge in [0.05, 0.1) is 12.1 Å². The van der Waals surface area contributed by atoms with Gasteiger partial charge in [-0.3, -0.25) is 14.4 Å². The van der Waals surface area contributed by atoms with Crippen molar-refractivity contribution in [3.63, 3.8) is 0 Å². The molecule has 0 bridgehead atoms. The van der Waals surface area contributed by atoms with Gasteiger partial charge in [0, 0.05) is 17.0 Å². The van der Waals surface area contributed by atoms with Crippen LogP contribution in [0.4, 0.5) is 14.5 Å². The molecule has 9 heteroatoms. The molecular weight excluding hydrogens is 396 g/mol. The van der Waals surface area contributed by atoms with Gasteiger partial charge in [0.15, 0.2) is 12.4 Å². The molecule has 0 heterocycles. The molecular formula is C19H16ClF2NO5. The van der Waals surface area contributed by atoms with Crippen molar-refractivity contribution >= 4 is 34.9 Å². The number of amides is 1. The Morgan fingerprint density at radius 3 is 2.36 bits per heavy atom. The first-order valence-electron chi connectivity index (χ1n) is 8.13. The van der Waals surface area contributed by atoms with E-state index in [2.05, 4.69) is 10.1 Å². The molecule has 0 aromatic heterocycles. The lowest BCUT2D eigenvalue weighted by molar-refractivity contribution is -0.147. The zero-order chi connectivity index (χ0) is 20.5. The first-order valence-corrected chi connectivity index (χ1v) is 8.51. The highest BCUT2D eigenvalue weighted by molar-refractivity contribution is 6.30. The first-order chi connectivity index (χ1) is 13.3. The van der Waals surface area contributed by atoms with Crippen molar-refractivity contribution in [1.82, 2.24) is 0 Å². The van der Waals surface area contributed by atoms with Crippen LogP contribution < -0.4 is 10.1 Å². The van der Waals surface area contributed by atoms with Crippen LogP contribution in [0.1, 0.15) is 23.2 Å². The fraction of sp³-hybridized carbons (Fsp3) is 0.211. The highest BCUT2D eigenvalue weighted by Gasteiger charge is 2.14. The fourth-order valence-corrected chi connectivity index (χ4v) is 2.29. The quantitative estimate of drug-likeness (QED) is 0.496. The molecule has 2 aromatic carbocycles. The fourth-order valence-electron chi connectivity index (χ4n) is 2.17. The number of hydrogen-bond acceptors (Lipinski definition) is 5. The van der Waals surface area contributed by atoms with Gasteiger partial charge in [-0.05, 0) is 36.4 Å². The lowest BCUT2D eigenvalue weighted by Crippen LogP contribution is -2.21. The number of para-hydroxylation sites is 2. The van der Waals surface area contributed by atoms with Crippen molar-refractivity contribution in [2.75, 3.05) is 11.9 Å². The Hall–Kier alpha value is -3.00. The maximum atomic E-state index is 12.3. The third-order valence-electron chi connectivity index (χ3n) is 3.46. The number of carbonyl (C=O) groups excluding carboxylic acids is 3. The summed E-state index contributed by atoms with van der Waals surface area (Å²) < 4.78 is 33.8. The third kappa shape index (κ3) is 6.96. The average molecular weight is 412 g/mol. The molecule has 0 aliphatic carbocycles. The van der Waals surface area contributed by atoms with E-state index in [4.69, 9.17) is 16.3 Å². The molecule has 0 saturated carbocycles. The van der Waals surface area contributed by atoms with Crippen LogP contribution >= 0.6 is 11.6 Å². The van der Waals surface area contributed by atoms with Gasteiger partial charge in [-0.1, -0.05) is 23.7 Å². The number of ketones is 1. The highest BCUT2D eigenvalue weighted by Crippen LogP contribution is 2.25. The number of rotatable bonds is 9. The summed E-state index contributed by atoms with van der Waals surface area (Å²) in [5.41, 5.74) is 0.423. The largest absolute Gasteiger partial charge is 0.456 e. The van der Waals surface area contributed by atoms with Crippen molar-refractivity contribution in [3.05, 3.63) is 59.1 Å². The van der Waals surface area contributed by atoms with E-state index in [-0.39, 0.29) is 30.1 Å². The summed E-state index contributed by atoms with van der Waals surface area (Å²) in [6, 6.07) is 11.8. The van der Waals surface area contributed by atoms with Gasteiger partial charge in [0.25, 0.3) is 5.91 Å². The van der Waals surface area contributed by atoms with Crippen LogP contribution in [0.2, 0.25) is 5.02 Å². The van der Waals surface area contributed by atoms with Crippen LogP contribution in [0.25, 0.3) is 0 Å². The van der Waals surface area contributed by atoms with Crippen LogP contribution in [0.15, 0.2) is 48.5 Å². The molecule has 0 unspecified atom stereocenters. The maximum absolute atomic E-state index is 12.3. The number of Topliss-reactive ketones (excluding diaryl/α,β-unsaturated/α-hetero) is 1. The topological polar surface area (TPSA) is 81.7 Å². The minimum absolute atomic E-state index is 0.0155. The Labute approximate surface area is 164 Å². The summed E-state index contributed by atoms with van der Waals surface area (Å²) >= 11 is 5.74. The Balaban J connectivity index is 1.77. The van der Waals surface area contributed by atoms with Crippen LogP contribution in [0.3, 0.4) is 0 Å². The van der Waals surface area contributed by atoms with E-state index in [0.717, 1.165) is 0 Å². The van der Waals surface area contributed by atoms with Crippen LogP contribution in [-0.4, -0.2) is 30.9 Å². The van der Waals surface area contributed by atoms with E-state index in [1.807, 2.05) is 0 Å². The summed E-state index contributed by atoms with van der Waals surface area (Å²) in [6.45, 7) is -3.68. The van der Waals surface area contributed by atoms with Gasteiger partial charge in [0.2, 0.25) is 0 Å². The van der Waals surface area contributed by atoms with Crippen LogP contribution in [0.5, 0.6) is 5.75 Å². The molecule has 0 aliphatic rings. The molecule has 1 amide bonds. The van der Waals surface area contributed by atoms with Gasteiger partial charge in [-0.25, -0.2) is 0 Å². The summed E-state index contributed by atoms with van der Waals surface area (Å²) in [6.07, 6.45) is -0.299. The molecule has 0 aliphatic heterocycles. The van der Waals surface area contributed by atoms with E-state index in [0.29, 0.717) is 10.6 Å². The molecule has 1 N–H and O–H groups in total. The van der Waals surface area contributed by atoms with E-state index in [9.17, 15) is 23.2 Å². The smallest absolute Gasteiger partial charge is 0.387 e. The summed E-state index contributed by atoms with van der Waals surface area (Å²) in [7, 11) is 0. The van der Waals surface area contributed by atoms with E-state index in [1.165, 1.54) is 24.3 Å². The predicted octanol–water partition coefficient (Wildman–Crippen LogP) is 4.09. The Kier molecular flexibility index (Phi) is 7.88. The second kappa shape index (κ2) is 10.4. The molecule has 28 heavy (non-hydrogen) atoms. The maximum Gasteiger partial charge on any atom is 0.387 e. The van der Waals surface area contributed by atoms with Crippen molar-refractivity contribution < 1.29 is 32.6 Å². The number of esters is 1. The lowest BCUT2D eigenvalue weighted by Gasteiger charge is -2.11. The normalized spacial score (nSPS) is 10.4. The number of alkyl halides is 2. The molecule has 0 saturated heterocycles. The Morgan fingerprint density at radius 1 is 1.00 bits per heavy atom. The molecule has 0 radical (unpaired) electrons. The monoisotopic (exact) mass is 411 g/mol. The third-order valence-corrected chi connectivity index (χ3v) is 3.72. The number of anilines is 1. The number of carbonyl (C=O) groups is 3. The predicted molar refractivity (Wildman–Crippen MR) is 97.7 cm³/mol. The zero-order valence-corrected chi connectivity index (χ0v) is 15.2. The van der Waals surface area contributed by atoms with Gasteiger partial charge in [0.1, 0.15) is 5.75 Å². The zero-order valence-electron chi connectivity index (χ0n) is 14.5. The molecule has 6 nitrogen and oxygen atoms in total. The minimum atomic E-state index is -3.05. The van der Waals surface area contributed by atoms with Crippen molar-refractivity contribution in [3.8, 4) is 5.75 Å². The molecule has 2 aromatic rings. The van der Waals surface area contributed by atoms with Crippen LogP contribution in [0, 0.1) is 0 Å². The number of ether oxygens (including phenoxy) is 2. The molecule has 2 rings (SSSR count). The second-order valence-electron chi connectivity index (χ2n) is 5.51. The van der Waals surface area contributed by atoms with Gasteiger partial charge >= 0.3 is 12.6 Å². The molecule has 148 valence electrons. The summed E-state index contributed by atoms with van der Waals surface area (Å²) in [5, 5.41) is 2.80. The van der Waals surface area contributed by atoms with Gasteiger partial charge < -0.3 is 14.8 Å². The molecule has 0 atom stereocenters. The average Bonchev–Trinajstić information content (AvgIpc) is 2.66. The standard InChI is InChI=1S/C19H16ClF2NO5/c20-13-7-5-12(6-8-13)15(24)9-10-18(26)27-11-17(25)23-14-3-1-2-4-16(14)28-19(21)22/h1-8,19H,9-11H2,(H,23,25). The summed E-state index contributed by atoms with van der Waals surface area (Å²) in [4.78, 5) is 35.5. The van der Waals surface area contributed by atoms with Crippen molar-refractivity contribution in [2.45, 2.75) is 19.5 Å². The lowest BCUT2D eigenvalue weighted by atomic mass is 10.1. The van der Waals surface area contributed by atoms with E-state index >= 15 is 0 Å². The van der Waals surface area contributed by atoms with Gasteiger partial charge in [-0.15, -0.1) is 0 Å². The van der Waals surface area contributed by atoms with Gasteiger partial charge in [-0.2, -0.15) is 8.78 Å². The number of nitrogens with one attached hydrogen (secondary N) is 1. The Morgan fingerprint density at radius 2 is 1.68 bits per heavy atom. The van der Waals surface area contributed by atoms with E-state index in [1.54, 1.807) is 24.3 Å². The first kappa shape index (κ1) is 21.3. The Bertz CT molecular complexity index is 842. The van der Waals surface area contributed by atoms with Crippen molar-refractivity contribution in [2.24, 2.45) is 0 Å². The van der Waals surface area contributed by atoms with Crippen LogP contribution in [-0.2, 0) is 14.3 Å². The van der Waals surface area contributed by atoms with E-state index < -0.39 is 25.1 Å². The number of benzene rings is 2. The molecule has 0 spiro atoms. The van der Waals surface area contributed by atoms with Crippen molar-refractivity contribution in [1.29, 1.82) is 0 Å². The SMILES string of the molecule is O=C(COC(=O)CCC(=O)c1ccc(Cl)cc1)Nc1ccccc1OC(F)F.